The largest absolute Gasteiger partial charge is 0.362 e. The first kappa shape index (κ1) is 10.3. The first-order valence-electron chi connectivity index (χ1n) is 5.82. The zero-order valence-electron chi connectivity index (χ0n) is 8.96. The maximum Gasteiger partial charge on any atom is 0.156 e. The molecule has 0 aromatic rings. The van der Waals surface area contributed by atoms with E-state index in [0.29, 0.717) is 6.04 Å². The molecule has 0 bridgehead atoms. The zero-order chi connectivity index (χ0) is 9.80. The molecule has 0 aromatic carbocycles. The molecule has 3 heteroatoms. The highest BCUT2D eigenvalue weighted by Crippen LogP contribution is 2.32. The van der Waals surface area contributed by atoms with Gasteiger partial charge in [-0.1, -0.05) is 31.5 Å². The lowest BCUT2D eigenvalue weighted by Crippen LogP contribution is -2.37. The molecule has 0 radical (unpaired) electrons. The van der Waals surface area contributed by atoms with Crippen molar-refractivity contribution >= 4 is 16.9 Å². The summed E-state index contributed by atoms with van der Waals surface area (Å²) in [6, 6.07) is 0.677. The molecule has 1 saturated heterocycles. The molecule has 0 spiro atoms. The van der Waals surface area contributed by atoms with Gasteiger partial charge in [0, 0.05) is 18.3 Å². The van der Waals surface area contributed by atoms with Crippen LogP contribution in [-0.4, -0.2) is 23.5 Å². The van der Waals surface area contributed by atoms with Gasteiger partial charge in [-0.05, 0) is 25.2 Å². The van der Waals surface area contributed by atoms with Crippen molar-refractivity contribution in [2.24, 2.45) is 10.9 Å². The smallest absolute Gasteiger partial charge is 0.156 e. The second-order valence-electron chi connectivity index (χ2n) is 4.31. The van der Waals surface area contributed by atoms with E-state index in [1.54, 1.807) is 0 Å². The summed E-state index contributed by atoms with van der Waals surface area (Å²) >= 11 is 1.89. The minimum atomic E-state index is 0.677. The molecule has 2 nitrogen and oxygen atoms in total. The average molecular weight is 212 g/mol. The van der Waals surface area contributed by atoms with Crippen LogP contribution in [-0.2, 0) is 0 Å². The summed E-state index contributed by atoms with van der Waals surface area (Å²) in [5.41, 5.74) is 0. The van der Waals surface area contributed by atoms with Crippen LogP contribution in [0.2, 0.25) is 0 Å². The van der Waals surface area contributed by atoms with Crippen molar-refractivity contribution in [3.63, 3.8) is 0 Å². The fourth-order valence-corrected chi connectivity index (χ4v) is 2.77. The fourth-order valence-electron chi connectivity index (χ4n) is 1.74. The number of nitrogens with zero attached hydrogens (tertiary/aromatic N) is 1. The molecule has 2 rings (SSSR count). The van der Waals surface area contributed by atoms with E-state index < -0.39 is 0 Å². The van der Waals surface area contributed by atoms with E-state index >= 15 is 0 Å². The Labute approximate surface area is 90.9 Å². The van der Waals surface area contributed by atoms with Gasteiger partial charge in [0.1, 0.15) is 0 Å². The maximum atomic E-state index is 4.63. The summed E-state index contributed by atoms with van der Waals surface area (Å²) in [7, 11) is 0. The third-order valence-electron chi connectivity index (χ3n) is 3.02. The van der Waals surface area contributed by atoms with Crippen molar-refractivity contribution in [3.05, 3.63) is 0 Å². The average Bonchev–Trinajstić information content (AvgIpc) is 3.02. The number of rotatable bonds is 4. The van der Waals surface area contributed by atoms with Crippen LogP contribution in [0.25, 0.3) is 0 Å². The molecule has 2 aliphatic rings. The Morgan fingerprint density at radius 2 is 2.29 bits per heavy atom. The van der Waals surface area contributed by atoms with E-state index in [2.05, 4.69) is 17.2 Å². The molecule has 2 fully saturated rings. The fraction of sp³-hybridized carbons (Fsp3) is 0.909. The van der Waals surface area contributed by atoms with Gasteiger partial charge in [0.05, 0.1) is 0 Å². The molecule has 1 atom stereocenters. The number of hydrogen-bond acceptors (Lipinski definition) is 2. The lowest BCUT2D eigenvalue weighted by molar-refractivity contribution is 0.570. The molecule has 1 unspecified atom stereocenters. The Kier molecular flexibility index (Phi) is 3.74. The van der Waals surface area contributed by atoms with Gasteiger partial charge in [-0.25, -0.2) is 0 Å². The van der Waals surface area contributed by atoms with Crippen LogP contribution in [0.5, 0.6) is 0 Å². The molecular formula is C11H20N2S. The highest BCUT2D eigenvalue weighted by molar-refractivity contribution is 8.13. The molecular weight excluding hydrogens is 192 g/mol. The second-order valence-corrected chi connectivity index (χ2v) is 5.39. The summed E-state index contributed by atoms with van der Waals surface area (Å²) in [6.45, 7) is 3.28. The van der Waals surface area contributed by atoms with Crippen LogP contribution in [0.15, 0.2) is 4.99 Å². The van der Waals surface area contributed by atoms with Crippen molar-refractivity contribution in [1.29, 1.82) is 0 Å². The monoisotopic (exact) mass is 212 g/mol. The van der Waals surface area contributed by atoms with E-state index in [9.17, 15) is 0 Å². The van der Waals surface area contributed by atoms with Crippen molar-refractivity contribution in [2.75, 3.05) is 12.3 Å². The summed E-state index contributed by atoms with van der Waals surface area (Å²) in [4.78, 5) is 4.63. The van der Waals surface area contributed by atoms with Gasteiger partial charge in [0.25, 0.3) is 0 Å². The molecule has 14 heavy (non-hydrogen) atoms. The van der Waals surface area contributed by atoms with Gasteiger partial charge in [-0.2, -0.15) is 0 Å². The molecule has 1 N–H and O–H groups in total. The third kappa shape index (κ3) is 3.19. The highest BCUT2D eigenvalue weighted by atomic mass is 32.2. The highest BCUT2D eigenvalue weighted by Gasteiger charge is 2.20. The van der Waals surface area contributed by atoms with Crippen molar-refractivity contribution in [2.45, 2.75) is 45.1 Å². The van der Waals surface area contributed by atoms with Gasteiger partial charge in [0.15, 0.2) is 5.17 Å². The Bertz CT molecular complexity index is 211. The number of nitrogens with one attached hydrogen (secondary N) is 1. The summed E-state index contributed by atoms with van der Waals surface area (Å²) < 4.78 is 0. The molecule has 1 heterocycles. The van der Waals surface area contributed by atoms with Crippen molar-refractivity contribution in [3.8, 4) is 0 Å². The van der Waals surface area contributed by atoms with E-state index in [1.165, 1.54) is 43.0 Å². The molecule has 1 aliphatic heterocycles. The Morgan fingerprint density at radius 3 is 3.00 bits per heavy atom. The van der Waals surface area contributed by atoms with Crippen LogP contribution in [0.1, 0.15) is 39.0 Å². The van der Waals surface area contributed by atoms with Crippen LogP contribution < -0.4 is 5.32 Å². The zero-order valence-corrected chi connectivity index (χ0v) is 9.78. The predicted octanol–water partition coefficient (Wildman–Crippen LogP) is 2.65. The van der Waals surface area contributed by atoms with Gasteiger partial charge >= 0.3 is 0 Å². The normalized spacial score (nSPS) is 30.4. The third-order valence-corrected chi connectivity index (χ3v) is 3.98. The van der Waals surface area contributed by atoms with Crippen LogP contribution in [0.3, 0.4) is 0 Å². The number of thioether (sulfide) groups is 1. The molecule has 0 aromatic heterocycles. The maximum absolute atomic E-state index is 4.63. The van der Waals surface area contributed by atoms with Gasteiger partial charge < -0.3 is 5.32 Å². The predicted molar refractivity (Wildman–Crippen MR) is 63.9 cm³/mol. The number of hydrogen-bond donors (Lipinski definition) is 1. The van der Waals surface area contributed by atoms with Crippen molar-refractivity contribution < 1.29 is 0 Å². The quantitative estimate of drug-likeness (QED) is 0.775. The number of amidine groups is 1. The standard InChI is InChI=1S/C11H20N2S/c1-2-10-6-8-14-11(13-10)12-7-5-9-3-4-9/h9-10H,2-8H2,1H3,(H,12,13). The van der Waals surface area contributed by atoms with Gasteiger partial charge in [-0.15, -0.1) is 0 Å². The molecule has 0 amide bonds. The lowest BCUT2D eigenvalue weighted by Gasteiger charge is -2.24. The SMILES string of the molecule is CCC1CCSC(=NCCC2CC2)N1. The minimum absolute atomic E-state index is 0.677. The summed E-state index contributed by atoms with van der Waals surface area (Å²) in [5.74, 6) is 2.25. The molecule has 80 valence electrons. The Hall–Kier alpha value is -0.180. The second kappa shape index (κ2) is 5.06. The van der Waals surface area contributed by atoms with Crippen LogP contribution in [0, 0.1) is 5.92 Å². The summed E-state index contributed by atoms with van der Waals surface area (Å²) in [6.07, 6.45) is 6.72. The number of aliphatic imine (C=N–C) groups is 1. The minimum Gasteiger partial charge on any atom is -0.362 e. The summed E-state index contributed by atoms with van der Waals surface area (Å²) in [5, 5.41) is 4.71. The van der Waals surface area contributed by atoms with Crippen molar-refractivity contribution in [1.82, 2.24) is 5.32 Å². The molecule has 1 saturated carbocycles. The molecule has 1 aliphatic carbocycles. The topological polar surface area (TPSA) is 24.4 Å². The van der Waals surface area contributed by atoms with E-state index in [-0.39, 0.29) is 0 Å². The van der Waals surface area contributed by atoms with E-state index in [0.717, 1.165) is 12.5 Å². The Balaban J connectivity index is 1.71. The van der Waals surface area contributed by atoms with E-state index in [1.807, 2.05) is 11.8 Å². The van der Waals surface area contributed by atoms with Crippen LogP contribution >= 0.6 is 11.8 Å². The van der Waals surface area contributed by atoms with Crippen LogP contribution in [0.4, 0.5) is 0 Å². The van der Waals surface area contributed by atoms with Gasteiger partial charge in [-0.3, -0.25) is 4.99 Å². The first-order chi connectivity index (χ1) is 6.88. The Morgan fingerprint density at radius 1 is 1.43 bits per heavy atom. The first-order valence-corrected chi connectivity index (χ1v) is 6.81. The lowest BCUT2D eigenvalue weighted by atomic mass is 10.2. The van der Waals surface area contributed by atoms with Gasteiger partial charge in [0.2, 0.25) is 0 Å². The van der Waals surface area contributed by atoms with E-state index in [4.69, 9.17) is 0 Å².